The van der Waals surface area contributed by atoms with Crippen LogP contribution in [0.3, 0.4) is 0 Å². The lowest BCUT2D eigenvalue weighted by molar-refractivity contribution is 0.666. The third kappa shape index (κ3) is 2.20. The Morgan fingerprint density at radius 3 is 3.07 bits per heavy atom. The first-order valence-corrected chi connectivity index (χ1v) is 6.48. The average Bonchev–Trinajstić information content (AvgIpc) is 2.23. The summed E-state index contributed by atoms with van der Waals surface area (Å²) in [6, 6.07) is 1.84. The molecule has 0 spiro atoms. The van der Waals surface area contributed by atoms with Gasteiger partial charge in [-0.05, 0) is 40.6 Å². The summed E-state index contributed by atoms with van der Waals surface area (Å²) >= 11 is 5.15. The van der Waals surface area contributed by atoms with E-state index in [9.17, 15) is 4.79 Å². The highest BCUT2D eigenvalue weighted by Crippen LogP contribution is 2.37. The zero-order valence-corrected chi connectivity index (χ0v) is 10.0. The van der Waals surface area contributed by atoms with Gasteiger partial charge in [-0.15, -0.1) is 0 Å². The van der Waals surface area contributed by atoms with Gasteiger partial charge in [0.25, 0.3) is 5.56 Å². The first-order chi connectivity index (χ1) is 6.77. The Balaban J connectivity index is 2.22. The summed E-state index contributed by atoms with van der Waals surface area (Å²) in [5, 5.41) is 7.03. The van der Waals surface area contributed by atoms with Crippen LogP contribution in [0.2, 0.25) is 0 Å². The highest BCUT2D eigenvalue weighted by molar-refractivity contribution is 9.10. The number of aromatic amines is 1. The van der Waals surface area contributed by atoms with E-state index in [0.29, 0.717) is 9.72 Å². The fraction of sp³-hybridized carbons (Fsp3) is 0.556. The Kier molecular flexibility index (Phi) is 3.28. The van der Waals surface area contributed by atoms with Crippen molar-refractivity contribution in [3.05, 3.63) is 26.6 Å². The maximum Gasteiger partial charge on any atom is 0.278 e. The lowest BCUT2D eigenvalue weighted by atomic mass is 10.1. The highest BCUT2D eigenvalue weighted by atomic mass is 79.9. The molecule has 2 heterocycles. The van der Waals surface area contributed by atoms with E-state index in [1.165, 1.54) is 18.6 Å². The number of nitrogens with zero attached hydrogens (tertiary/aromatic N) is 1. The first kappa shape index (κ1) is 10.2. The van der Waals surface area contributed by atoms with Gasteiger partial charge in [-0.2, -0.15) is 16.9 Å². The normalized spacial score (nSPS) is 22.2. The molecule has 5 heteroatoms. The fourth-order valence-corrected chi connectivity index (χ4v) is 3.14. The highest BCUT2D eigenvalue weighted by Gasteiger charge is 2.18. The summed E-state index contributed by atoms with van der Waals surface area (Å²) in [4.78, 5) is 11.1. The molecule has 1 N–H and O–H groups in total. The van der Waals surface area contributed by atoms with Crippen LogP contribution < -0.4 is 5.56 Å². The monoisotopic (exact) mass is 274 g/mol. The Labute approximate surface area is 94.8 Å². The number of hydrogen-bond donors (Lipinski definition) is 1. The van der Waals surface area contributed by atoms with Gasteiger partial charge in [-0.25, -0.2) is 5.10 Å². The van der Waals surface area contributed by atoms with Crippen molar-refractivity contribution in [3.8, 4) is 0 Å². The molecule has 0 saturated carbocycles. The lowest BCUT2D eigenvalue weighted by Gasteiger charge is -2.20. The molecule has 1 aliphatic heterocycles. The van der Waals surface area contributed by atoms with E-state index in [4.69, 9.17) is 0 Å². The smallest absolute Gasteiger partial charge is 0.267 e. The lowest BCUT2D eigenvalue weighted by Crippen LogP contribution is -2.13. The quantitative estimate of drug-likeness (QED) is 0.856. The molecule has 3 nitrogen and oxygen atoms in total. The van der Waals surface area contributed by atoms with Crippen LogP contribution in [-0.2, 0) is 0 Å². The van der Waals surface area contributed by atoms with Crippen LogP contribution in [0.15, 0.2) is 15.3 Å². The third-order valence-electron chi connectivity index (χ3n) is 2.29. The molecule has 1 aromatic heterocycles. The molecule has 0 radical (unpaired) electrons. The third-order valence-corrected chi connectivity index (χ3v) is 4.28. The van der Waals surface area contributed by atoms with E-state index in [0.717, 1.165) is 12.1 Å². The second kappa shape index (κ2) is 4.49. The average molecular weight is 275 g/mol. The van der Waals surface area contributed by atoms with E-state index in [-0.39, 0.29) is 5.56 Å². The zero-order chi connectivity index (χ0) is 9.97. The second-order valence-electron chi connectivity index (χ2n) is 3.33. The maximum absolute atomic E-state index is 11.1. The topological polar surface area (TPSA) is 45.8 Å². The summed E-state index contributed by atoms with van der Waals surface area (Å²) in [6.07, 6.45) is 3.72. The summed E-state index contributed by atoms with van der Waals surface area (Å²) < 4.78 is 0.577. The molecule has 76 valence electrons. The minimum absolute atomic E-state index is 0.158. The number of H-pyrrole nitrogens is 1. The van der Waals surface area contributed by atoms with Gasteiger partial charge in [0.05, 0.1) is 10.2 Å². The van der Waals surface area contributed by atoms with Gasteiger partial charge in [0, 0.05) is 5.25 Å². The number of nitrogens with one attached hydrogen (secondary N) is 1. The van der Waals surface area contributed by atoms with Crippen molar-refractivity contribution in [1.29, 1.82) is 0 Å². The zero-order valence-electron chi connectivity index (χ0n) is 7.62. The van der Waals surface area contributed by atoms with Gasteiger partial charge in [0.15, 0.2) is 0 Å². The Bertz CT molecular complexity index is 373. The fourth-order valence-electron chi connectivity index (χ4n) is 1.54. The van der Waals surface area contributed by atoms with Crippen LogP contribution in [0.1, 0.15) is 30.2 Å². The van der Waals surface area contributed by atoms with Crippen LogP contribution in [0, 0.1) is 0 Å². The molecule has 2 rings (SSSR count). The van der Waals surface area contributed by atoms with Crippen molar-refractivity contribution in [2.45, 2.75) is 24.5 Å². The summed E-state index contributed by atoms with van der Waals surface area (Å²) in [5.74, 6) is 1.20. The van der Waals surface area contributed by atoms with E-state index < -0.39 is 0 Å². The van der Waals surface area contributed by atoms with Crippen molar-refractivity contribution in [3.63, 3.8) is 0 Å². The summed E-state index contributed by atoms with van der Waals surface area (Å²) in [6.45, 7) is 0. The van der Waals surface area contributed by atoms with Crippen molar-refractivity contribution in [1.82, 2.24) is 10.2 Å². The molecule has 1 unspecified atom stereocenters. The van der Waals surface area contributed by atoms with Crippen LogP contribution in [0.5, 0.6) is 0 Å². The van der Waals surface area contributed by atoms with Crippen LogP contribution in [0.4, 0.5) is 0 Å². The molecular formula is C9H11BrN2OS. The molecule has 0 aliphatic carbocycles. The van der Waals surface area contributed by atoms with Crippen molar-refractivity contribution in [2.24, 2.45) is 0 Å². The Morgan fingerprint density at radius 1 is 1.57 bits per heavy atom. The van der Waals surface area contributed by atoms with Gasteiger partial charge in [0.2, 0.25) is 0 Å². The van der Waals surface area contributed by atoms with E-state index >= 15 is 0 Å². The van der Waals surface area contributed by atoms with Crippen LogP contribution >= 0.6 is 27.7 Å². The molecule has 0 aromatic carbocycles. The first-order valence-electron chi connectivity index (χ1n) is 4.64. The minimum Gasteiger partial charge on any atom is -0.267 e. The molecule has 1 atom stereocenters. The van der Waals surface area contributed by atoms with Gasteiger partial charge in [0.1, 0.15) is 0 Å². The molecule has 0 bridgehead atoms. The van der Waals surface area contributed by atoms with E-state index in [1.807, 2.05) is 17.8 Å². The largest absolute Gasteiger partial charge is 0.278 e. The number of rotatable bonds is 1. The van der Waals surface area contributed by atoms with Crippen molar-refractivity contribution < 1.29 is 0 Å². The van der Waals surface area contributed by atoms with Crippen molar-refractivity contribution in [2.75, 3.05) is 5.75 Å². The number of thioether (sulfide) groups is 1. The van der Waals surface area contributed by atoms with Crippen LogP contribution in [0.25, 0.3) is 0 Å². The SMILES string of the molecule is O=c1[nH]nc(C2CCCCS2)cc1Br. The molecule has 14 heavy (non-hydrogen) atoms. The minimum atomic E-state index is -0.158. The molecule has 1 fully saturated rings. The van der Waals surface area contributed by atoms with E-state index in [2.05, 4.69) is 26.1 Å². The molecule has 1 saturated heterocycles. The molecule has 1 aliphatic rings. The van der Waals surface area contributed by atoms with Gasteiger partial charge < -0.3 is 0 Å². The van der Waals surface area contributed by atoms with Crippen molar-refractivity contribution >= 4 is 27.7 Å². The number of hydrogen-bond acceptors (Lipinski definition) is 3. The Hall–Kier alpha value is -0.290. The summed E-state index contributed by atoms with van der Waals surface area (Å²) in [7, 11) is 0. The van der Waals surface area contributed by atoms with E-state index in [1.54, 1.807) is 0 Å². The van der Waals surface area contributed by atoms with Gasteiger partial charge >= 0.3 is 0 Å². The molecule has 1 aromatic rings. The van der Waals surface area contributed by atoms with Gasteiger partial charge in [-0.1, -0.05) is 6.42 Å². The molecule has 0 amide bonds. The summed E-state index contributed by atoms with van der Waals surface area (Å²) in [5.41, 5.74) is 0.829. The standard InChI is InChI=1S/C9H11BrN2OS/c10-6-5-7(11-12-9(6)13)8-3-1-2-4-14-8/h5,8H,1-4H2,(H,12,13). The number of aromatic nitrogens is 2. The predicted molar refractivity (Wildman–Crippen MR) is 61.6 cm³/mol. The Morgan fingerprint density at radius 2 is 2.43 bits per heavy atom. The second-order valence-corrected chi connectivity index (χ2v) is 5.49. The van der Waals surface area contributed by atoms with Crippen LogP contribution in [-0.4, -0.2) is 16.0 Å². The predicted octanol–water partition coefficient (Wildman–Crippen LogP) is 2.49. The molecular weight excluding hydrogens is 264 g/mol. The number of halogens is 1. The van der Waals surface area contributed by atoms with Gasteiger partial charge in [-0.3, -0.25) is 4.79 Å². The maximum atomic E-state index is 11.1.